The molecule has 0 saturated carbocycles. The highest BCUT2D eigenvalue weighted by Crippen LogP contribution is 2.29. The van der Waals surface area contributed by atoms with Gasteiger partial charge in [-0.2, -0.15) is 0 Å². The number of carbonyl (C=O) groups is 1. The Hall–Kier alpha value is -4.10. The minimum atomic E-state index is -0.539. The lowest BCUT2D eigenvalue weighted by Crippen LogP contribution is -2.10. The number of nitrogens with one attached hydrogen (secondary N) is 1. The molecule has 0 saturated heterocycles. The van der Waals surface area contributed by atoms with Crippen molar-refractivity contribution in [3.05, 3.63) is 112 Å². The summed E-state index contributed by atoms with van der Waals surface area (Å²) in [5, 5.41) is 13.7. The highest BCUT2D eigenvalue weighted by molar-refractivity contribution is 6.32. The first-order valence-corrected chi connectivity index (χ1v) is 10.00. The number of rotatable bonds is 7. The Kier molecular flexibility index (Phi) is 6.19. The van der Waals surface area contributed by atoms with Crippen molar-refractivity contribution in [1.29, 1.82) is 0 Å². The summed E-state index contributed by atoms with van der Waals surface area (Å²) in [6.45, 7) is 0.0105. The van der Waals surface area contributed by atoms with E-state index in [0.29, 0.717) is 11.4 Å². The highest BCUT2D eigenvalue weighted by Gasteiger charge is 2.14. The van der Waals surface area contributed by atoms with Gasteiger partial charge in [-0.3, -0.25) is 14.9 Å². The minimum Gasteiger partial charge on any atom is -0.484 e. The molecule has 0 atom stereocenters. The zero-order valence-corrected chi connectivity index (χ0v) is 17.4. The van der Waals surface area contributed by atoms with Gasteiger partial charge in [-0.15, -0.1) is 0 Å². The molecule has 1 heterocycles. The average molecular weight is 449 g/mol. The highest BCUT2D eigenvalue weighted by atomic mass is 35.5. The molecular formula is C24H17ClN2O5. The fourth-order valence-corrected chi connectivity index (χ4v) is 3.25. The van der Waals surface area contributed by atoms with Crippen LogP contribution in [0.2, 0.25) is 5.02 Å². The van der Waals surface area contributed by atoms with E-state index in [1.165, 1.54) is 18.2 Å². The number of hydrogen-bond acceptors (Lipinski definition) is 5. The van der Waals surface area contributed by atoms with E-state index < -0.39 is 10.8 Å². The summed E-state index contributed by atoms with van der Waals surface area (Å²) in [6.07, 6.45) is 0. The van der Waals surface area contributed by atoms with Crippen LogP contribution in [0.5, 0.6) is 5.75 Å². The largest absolute Gasteiger partial charge is 0.484 e. The molecule has 3 aromatic carbocycles. The molecule has 0 fully saturated rings. The molecule has 32 heavy (non-hydrogen) atoms. The van der Waals surface area contributed by atoms with Gasteiger partial charge in [0.15, 0.2) is 5.76 Å². The number of hydrogen-bond donors (Lipinski definition) is 1. The molecule has 1 aromatic heterocycles. The number of nitro benzene ring substituents is 1. The monoisotopic (exact) mass is 448 g/mol. The Bertz CT molecular complexity index is 1250. The number of anilines is 1. The molecular weight excluding hydrogens is 432 g/mol. The summed E-state index contributed by atoms with van der Waals surface area (Å²) in [6, 6.07) is 24.5. The van der Waals surface area contributed by atoms with E-state index in [1.807, 2.05) is 54.6 Å². The molecule has 0 aliphatic carbocycles. The van der Waals surface area contributed by atoms with E-state index in [9.17, 15) is 14.9 Å². The lowest BCUT2D eigenvalue weighted by Gasteiger charge is -2.07. The van der Waals surface area contributed by atoms with Crippen LogP contribution in [0.1, 0.15) is 16.3 Å². The van der Waals surface area contributed by atoms with Crippen LogP contribution < -0.4 is 10.1 Å². The Morgan fingerprint density at radius 1 is 0.969 bits per heavy atom. The van der Waals surface area contributed by atoms with Crippen molar-refractivity contribution in [1.82, 2.24) is 0 Å². The number of halogens is 1. The van der Waals surface area contributed by atoms with E-state index in [4.69, 9.17) is 20.8 Å². The van der Waals surface area contributed by atoms with Crippen molar-refractivity contribution in [3.8, 4) is 16.9 Å². The van der Waals surface area contributed by atoms with Crippen LogP contribution in [0, 0.1) is 10.1 Å². The van der Waals surface area contributed by atoms with Gasteiger partial charge in [-0.1, -0.05) is 54.1 Å². The number of ether oxygens (including phenoxy) is 1. The Balaban J connectivity index is 1.36. The quantitative estimate of drug-likeness (QED) is 0.263. The standard InChI is InChI=1S/C24H17ClN2O5/c25-21-14-19(27(29)30)10-12-22(21)31-15-20-11-13-23(32-20)24(28)26-18-8-6-17(7-9-18)16-4-2-1-3-5-16/h1-14H,15H2,(H,26,28). The lowest BCUT2D eigenvalue weighted by atomic mass is 10.1. The molecule has 0 aliphatic heterocycles. The van der Waals surface area contributed by atoms with Gasteiger partial charge >= 0.3 is 0 Å². The van der Waals surface area contributed by atoms with E-state index in [1.54, 1.807) is 12.1 Å². The maximum absolute atomic E-state index is 12.5. The summed E-state index contributed by atoms with van der Waals surface area (Å²) >= 11 is 6.01. The molecule has 0 aliphatic rings. The van der Waals surface area contributed by atoms with Gasteiger partial charge in [-0.25, -0.2) is 0 Å². The third-order valence-electron chi connectivity index (χ3n) is 4.63. The van der Waals surface area contributed by atoms with Gasteiger partial charge < -0.3 is 14.5 Å². The van der Waals surface area contributed by atoms with Crippen LogP contribution in [0.3, 0.4) is 0 Å². The Labute approximate surface area is 188 Å². The van der Waals surface area contributed by atoms with Crippen molar-refractivity contribution in [2.45, 2.75) is 6.61 Å². The average Bonchev–Trinajstić information content (AvgIpc) is 3.28. The van der Waals surface area contributed by atoms with Crippen molar-refractivity contribution < 1.29 is 18.9 Å². The van der Waals surface area contributed by atoms with Crippen molar-refractivity contribution in [2.24, 2.45) is 0 Å². The van der Waals surface area contributed by atoms with Gasteiger partial charge in [0, 0.05) is 17.8 Å². The number of furan rings is 1. The first kappa shape index (κ1) is 21.1. The summed E-state index contributed by atoms with van der Waals surface area (Å²) in [7, 11) is 0. The lowest BCUT2D eigenvalue weighted by molar-refractivity contribution is -0.384. The Morgan fingerprint density at radius 3 is 2.38 bits per heavy atom. The van der Waals surface area contributed by atoms with E-state index in [0.717, 1.165) is 11.1 Å². The van der Waals surface area contributed by atoms with Crippen molar-refractivity contribution >= 4 is 28.9 Å². The Morgan fingerprint density at radius 2 is 1.69 bits per heavy atom. The van der Waals surface area contributed by atoms with Gasteiger partial charge in [-0.05, 0) is 41.5 Å². The topological polar surface area (TPSA) is 94.6 Å². The molecule has 0 unspecified atom stereocenters. The molecule has 1 amide bonds. The van der Waals surface area contributed by atoms with Crippen LogP contribution in [0.15, 0.2) is 89.3 Å². The number of non-ortho nitro benzene ring substituents is 1. The van der Waals surface area contributed by atoms with Crippen LogP contribution >= 0.6 is 11.6 Å². The van der Waals surface area contributed by atoms with Gasteiger partial charge in [0.05, 0.1) is 9.95 Å². The number of amides is 1. The SMILES string of the molecule is O=C(Nc1ccc(-c2ccccc2)cc1)c1ccc(COc2ccc([N+](=O)[O-])cc2Cl)o1. The second kappa shape index (κ2) is 9.36. The molecule has 1 N–H and O–H groups in total. The fourth-order valence-electron chi connectivity index (χ4n) is 3.02. The molecule has 4 rings (SSSR count). The van der Waals surface area contributed by atoms with Gasteiger partial charge in [0.1, 0.15) is 18.1 Å². The zero-order chi connectivity index (χ0) is 22.5. The van der Waals surface area contributed by atoms with E-state index in [-0.39, 0.29) is 28.8 Å². The summed E-state index contributed by atoms with van der Waals surface area (Å²) in [5.41, 5.74) is 2.65. The smallest absolute Gasteiger partial charge is 0.291 e. The number of nitrogens with zero attached hydrogens (tertiary/aromatic N) is 1. The number of carbonyl (C=O) groups excluding carboxylic acids is 1. The van der Waals surface area contributed by atoms with E-state index >= 15 is 0 Å². The summed E-state index contributed by atoms with van der Waals surface area (Å²) in [4.78, 5) is 22.7. The third-order valence-corrected chi connectivity index (χ3v) is 4.93. The van der Waals surface area contributed by atoms with Crippen LogP contribution in [-0.4, -0.2) is 10.8 Å². The van der Waals surface area contributed by atoms with Crippen molar-refractivity contribution in [2.75, 3.05) is 5.32 Å². The zero-order valence-electron chi connectivity index (χ0n) is 16.7. The number of benzene rings is 3. The fraction of sp³-hybridized carbons (Fsp3) is 0.0417. The molecule has 160 valence electrons. The molecule has 8 heteroatoms. The maximum Gasteiger partial charge on any atom is 0.291 e. The molecule has 0 radical (unpaired) electrons. The van der Waals surface area contributed by atoms with Crippen molar-refractivity contribution in [3.63, 3.8) is 0 Å². The van der Waals surface area contributed by atoms with Gasteiger partial charge in [0.25, 0.3) is 11.6 Å². The minimum absolute atomic E-state index is 0.0105. The molecule has 7 nitrogen and oxygen atoms in total. The second-order valence-electron chi connectivity index (χ2n) is 6.82. The number of nitro groups is 1. The van der Waals surface area contributed by atoms with Gasteiger partial charge in [0.2, 0.25) is 0 Å². The first-order valence-electron chi connectivity index (χ1n) is 9.62. The predicted molar refractivity (Wildman–Crippen MR) is 121 cm³/mol. The summed E-state index contributed by atoms with van der Waals surface area (Å²) in [5.74, 6) is 0.421. The normalized spacial score (nSPS) is 10.5. The molecule has 0 spiro atoms. The summed E-state index contributed by atoms with van der Waals surface area (Å²) < 4.78 is 11.1. The molecule has 0 bridgehead atoms. The first-order chi connectivity index (χ1) is 15.5. The van der Waals surface area contributed by atoms with Crippen LogP contribution in [-0.2, 0) is 6.61 Å². The second-order valence-corrected chi connectivity index (χ2v) is 7.23. The van der Waals surface area contributed by atoms with E-state index in [2.05, 4.69) is 5.32 Å². The molecule has 4 aromatic rings. The van der Waals surface area contributed by atoms with Crippen LogP contribution in [0.4, 0.5) is 11.4 Å². The maximum atomic E-state index is 12.5. The predicted octanol–water partition coefficient (Wildman–Crippen LogP) is 6.34. The third kappa shape index (κ3) is 4.96. The van der Waals surface area contributed by atoms with Crippen LogP contribution in [0.25, 0.3) is 11.1 Å².